The molecular weight excluding hydrogens is 554 g/mol. The van der Waals surface area contributed by atoms with Crippen LogP contribution in [0.15, 0.2) is 72.8 Å². The molecule has 5 rings (SSSR count). The molecule has 0 bridgehead atoms. The summed E-state index contributed by atoms with van der Waals surface area (Å²) in [6, 6.07) is 22.2. The molecule has 1 aromatic heterocycles. The number of primary amides is 1. The zero-order valence-corrected chi connectivity index (χ0v) is 23.7. The summed E-state index contributed by atoms with van der Waals surface area (Å²) in [6.45, 7) is 0.151. The monoisotopic (exact) mass is 589 g/mol. The molecule has 12 heteroatoms. The summed E-state index contributed by atoms with van der Waals surface area (Å²) in [4.78, 5) is 28.9. The summed E-state index contributed by atoms with van der Waals surface area (Å²) < 4.78 is 13.7. The highest BCUT2D eigenvalue weighted by atomic mass is 16.6. The fourth-order valence-corrected chi connectivity index (χ4v) is 5.05. The van der Waals surface area contributed by atoms with E-state index in [0.29, 0.717) is 35.7 Å². The fraction of sp³-hybridized carbons (Fsp3) is 0.323. The Hall–Kier alpha value is -4.49. The number of nitrogens with one attached hydrogen (secondary N) is 1. The van der Waals surface area contributed by atoms with Gasteiger partial charge < -0.3 is 35.8 Å². The number of anilines is 1. The van der Waals surface area contributed by atoms with Crippen molar-refractivity contribution < 1.29 is 34.4 Å². The average Bonchev–Trinajstić information content (AvgIpc) is 3.53. The van der Waals surface area contributed by atoms with Gasteiger partial charge in [-0.3, -0.25) is 14.3 Å². The maximum Gasteiger partial charge on any atom is 0.321 e. The predicted molar refractivity (Wildman–Crippen MR) is 159 cm³/mol. The molecule has 1 aliphatic rings. The number of para-hydroxylation sites is 2. The van der Waals surface area contributed by atoms with Crippen molar-refractivity contribution in [3.8, 4) is 16.9 Å². The van der Waals surface area contributed by atoms with Gasteiger partial charge in [0.25, 0.3) is 0 Å². The Kier molecular flexibility index (Phi) is 9.22. The first-order chi connectivity index (χ1) is 20.8. The Morgan fingerprint density at radius 1 is 1.07 bits per heavy atom. The van der Waals surface area contributed by atoms with Gasteiger partial charge in [-0.2, -0.15) is 0 Å². The molecular formula is C31H35N5O7. The smallest absolute Gasteiger partial charge is 0.321 e. The van der Waals surface area contributed by atoms with Gasteiger partial charge in [0.15, 0.2) is 6.23 Å². The van der Waals surface area contributed by atoms with Crippen molar-refractivity contribution in [3.05, 3.63) is 78.4 Å². The Morgan fingerprint density at radius 2 is 1.81 bits per heavy atom. The number of imidazole rings is 1. The third kappa shape index (κ3) is 6.47. The first kappa shape index (κ1) is 30.0. The van der Waals surface area contributed by atoms with E-state index in [9.17, 15) is 24.9 Å². The number of aromatic nitrogens is 2. The standard InChI is InChI=1S/C31H35N5O7/c1-35(30(32)41)26(38)12-7-15-42-24-16-19(13-14-21(24)20-8-3-2-4-9-20)17-33-31-34-22-10-5-6-11-23(22)36(31)29-28(40)27(39)25(18-37)43-29/h2-6,8-11,13-14,16,25,27-29,37,39-40H,7,12,15,17-18H2,1H3,(H2,32,41)(H,33,34)/t25-,27-,28-,29-/m1/s1. The second-order valence-corrected chi connectivity index (χ2v) is 10.3. The van der Waals surface area contributed by atoms with Crippen LogP contribution in [0.2, 0.25) is 0 Å². The number of carbonyl (C=O) groups excluding carboxylic acids is 2. The van der Waals surface area contributed by atoms with E-state index in [4.69, 9.17) is 20.2 Å². The lowest BCUT2D eigenvalue weighted by atomic mass is 10.0. The molecule has 2 heterocycles. The van der Waals surface area contributed by atoms with Gasteiger partial charge in [-0.05, 0) is 35.7 Å². The van der Waals surface area contributed by atoms with Crippen molar-refractivity contribution in [2.45, 2.75) is 43.9 Å². The van der Waals surface area contributed by atoms with Crippen LogP contribution in [-0.4, -0.2) is 80.3 Å². The van der Waals surface area contributed by atoms with E-state index in [-0.39, 0.29) is 18.9 Å². The minimum absolute atomic E-state index is 0.110. The minimum Gasteiger partial charge on any atom is -0.493 e. The van der Waals surface area contributed by atoms with Crippen LogP contribution in [0.1, 0.15) is 24.6 Å². The van der Waals surface area contributed by atoms with Crippen molar-refractivity contribution in [1.29, 1.82) is 0 Å². The number of nitrogens with two attached hydrogens (primary N) is 1. The number of urea groups is 1. The second kappa shape index (κ2) is 13.2. The van der Waals surface area contributed by atoms with Crippen molar-refractivity contribution in [1.82, 2.24) is 14.5 Å². The number of carbonyl (C=O) groups is 2. The number of hydrogen-bond donors (Lipinski definition) is 5. The van der Waals surface area contributed by atoms with E-state index in [1.54, 1.807) is 4.57 Å². The molecule has 0 spiro atoms. The van der Waals surface area contributed by atoms with Gasteiger partial charge in [-0.15, -0.1) is 0 Å². The summed E-state index contributed by atoms with van der Waals surface area (Å²) in [5.74, 6) is 0.662. The molecule has 4 atom stereocenters. The number of imide groups is 1. The van der Waals surface area contributed by atoms with E-state index < -0.39 is 37.2 Å². The van der Waals surface area contributed by atoms with Gasteiger partial charge >= 0.3 is 6.03 Å². The predicted octanol–water partition coefficient (Wildman–Crippen LogP) is 2.62. The molecule has 3 amide bonds. The molecule has 6 N–H and O–H groups in total. The van der Waals surface area contributed by atoms with Gasteiger partial charge in [0.05, 0.1) is 24.2 Å². The lowest BCUT2D eigenvalue weighted by Gasteiger charge is -2.20. The topological polar surface area (TPSA) is 172 Å². The Balaban J connectivity index is 1.36. The third-order valence-electron chi connectivity index (χ3n) is 7.45. The maximum atomic E-state index is 12.1. The van der Waals surface area contributed by atoms with Gasteiger partial charge in [-0.25, -0.2) is 9.78 Å². The van der Waals surface area contributed by atoms with Crippen LogP contribution in [0.25, 0.3) is 22.2 Å². The third-order valence-corrected chi connectivity index (χ3v) is 7.45. The zero-order valence-electron chi connectivity index (χ0n) is 23.7. The van der Waals surface area contributed by atoms with Crippen LogP contribution in [0.3, 0.4) is 0 Å². The van der Waals surface area contributed by atoms with Gasteiger partial charge in [-0.1, -0.05) is 54.6 Å². The number of ether oxygens (including phenoxy) is 2. The summed E-state index contributed by atoms with van der Waals surface area (Å²) in [6.07, 6.45) is -3.90. The zero-order chi connectivity index (χ0) is 30.5. The number of aliphatic hydroxyl groups is 3. The molecule has 12 nitrogen and oxygen atoms in total. The molecule has 43 heavy (non-hydrogen) atoms. The molecule has 4 aromatic rings. The molecule has 0 saturated carbocycles. The van der Waals surface area contributed by atoms with E-state index >= 15 is 0 Å². The lowest BCUT2D eigenvalue weighted by molar-refractivity contribution is -0.127. The molecule has 226 valence electrons. The summed E-state index contributed by atoms with van der Waals surface area (Å²) in [7, 11) is 1.34. The molecule has 1 fully saturated rings. The van der Waals surface area contributed by atoms with Gasteiger partial charge in [0.2, 0.25) is 11.9 Å². The minimum atomic E-state index is -1.27. The fourth-order valence-electron chi connectivity index (χ4n) is 5.05. The quantitative estimate of drug-likeness (QED) is 0.165. The number of aliphatic hydroxyl groups excluding tert-OH is 3. The van der Waals surface area contributed by atoms with E-state index in [2.05, 4.69) is 5.32 Å². The molecule has 0 radical (unpaired) electrons. The average molecular weight is 590 g/mol. The molecule has 1 saturated heterocycles. The highest BCUT2D eigenvalue weighted by Crippen LogP contribution is 2.36. The number of benzene rings is 3. The van der Waals surface area contributed by atoms with Crippen LogP contribution < -0.4 is 15.8 Å². The first-order valence-corrected chi connectivity index (χ1v) is 14.0. The Bertz CT molecular complexity index is 1580. The van der Waals surface area contributed by atoms with Crippen LogP contribution in [-0.2, 0) is 16.1 Å². The molecule has 0 unspecified atom stereocenters. The highest BCUT2D eigenvalue weighted by molar-refractivity contribution is 5.93. The SMILES string of the molecule is CN(C(N)=O)C(=O)CCCOc1cc(CNc2nc3ccccc3n2[C@@H]2O[C@H](CO)[C@@H](O)[C@H]2O)ccc1-c1ccccc1. The van der Waals surface area contributed by atoms with Crippen molar-refractivity contribution in [3.63, 3.8) is 0 Å². The van der Waals surface area contributed by atoms with E-state index in [0.717, 1.165) is 21.6 Å². The Morgan fingerprint density at radius 3 is 2.53 bits per heavy atom. The molecule has 0 aliphatic carbocycles. The van der Waals surface area contributed by atoms with Crippen LogP contribution >= 0.6 is 0 Å². The second-order valence-electron chi connectivity index (χ2n) is 10.3. The maximum absolute atomic E-state index is 12.1. The van der Waals surface area contributed by atoms with Gasteiger partial charge in [0.1, 0.15) is 24.1 Å². The van der Waals surface area contributed by atoms with Gasteiger partial charge in [0, 0.05) is 25.6 Å². The summed E-state index contributed by atoms with van der Waals surface area (Å²) in [5.41, 5.74) is 9.26. The highest BCUT2D eigenvalue weighted by Gasteiger charge is 2.44. The van der Waals surface area contributed by atoms with Crippen molar-refractivity contribution in [2.75, 3.05) is 25.6 Å². The Labute approximate surface area is 248 Å². The number of hydrogen-bond acceptors (Lipinski definition) is 9. The van der Waals surface area contributed by atoms with Crippen molar-refractivity contribution >= 4 is 28.9 Å². The number of rotatable bonds is 11. The first-order valence-electron chi connectivity index (χ1n) is 14.0. The van der Waals surface area contributed by atoms with Crippen molar-refractivity contribution in [2.24, 2.45) is 5.73 Å². The normalized spacial score (nSPS) is 19.8. The molecule has 1 aliphatic heterocycles. The van der Waals surface area contributed by atoms with E-state index in [1.807, 2.05) is 72.8 Å². The molecule has 3 aromatic carbocycles. The number of amides is 3. The van der Waals surface area contributed by atoms with Crippen LogP contribution in [0, 0.1) is 0 Å². The number of nitrogens with zero attached hydrogens (tertiary/aromatic N) is 3. The summed E-state index contributed by atoms with van der Waals surface area (Å²) in [5, 5.41) is 34.0. The summed E-state index contributed by atoms with van der Waals surface area (Å²) >= 11 is 0. The van der Waals surface area contributed by atoms with E-state index in [1.165, 1.54) is 7.05 Å². The largest absolute Gasteiger partial charge is 0.493 e. The van der Waals surface area contributed by atoms with Crippen LogP contribution in [0.5, 0.6) is 5.75 Å². The lowest BCUT2D eigenvalue weighted by Crippen LogP contribution is -2.37. The number of fused-ring (bicyclic) bond motifs is 1. The van der Waals surface area contributed by atoms with Crippen LogP contribution in [0.4, 0.5) is 10.7 Å².